The van der Waals surface area contributed by atoms with E-state index in [-0.39, 0.29) is 23.4 Å². The fraction of sp³-hybridized carbons (Fsp3) is 0.200. The van der Waals surface area contributed by atoms with Gasteiger partial charge < -0.3 is 15.4 Å². The van der Waals surface area contributed by atoms with Crippen LogP contribution in [-0.4, -0.2) is 29.7 Å². The predicted molar refractivity (Wildman–Crippen MR) is 146 cm³/mol. The molecule has 1 heterocycles. The Morgan fingerprint density at radius 3 is 2.11 bits per heavy atom. The topological polar surface area (TPSA) is 97.4 Å². The third kappa shape index (κ3) is 3.88. The van der Waals surface area contributed by atoms with Crippen LogP contribution in [0.5, 0.6) is 5.75 Å². The van der Waals surface area contributed by atoms with E-state index >= 15 is 0 Å². The van der Waals surface area contributed by atoms with Gasteiger partial charge in [-0.3, -0.25) is 14.4 Å². The zero-order valence-electron chi connectivity index (χ0n) is 20.9. The van der Waals surface area contributed by atoms with Crippen LogP contribution < -0.4 is 15.4 Å². The van der Waals surface area contributed by atoms with Crippen molar-refractivity contribution in [3.8, 4) is 5.75 Å². The van der Waals surface area contributed by atoms with E-state index in [9.17, 15) is 14.4 Å². The summed E-state index contributed by atoms with van der Waals surface area (Å²) < 4.78 is 5.10. The fourth-order valence-electron chi connectivity index (χ4n) is 5.84. The third-order valence-corrected chi connectivity index (χ3v) is 8.42. The van der Waals surface area contributed by atoms with Crippen molar-refractivity contribution in [1.29, 1.82) is 0 Å². The van der Waals surface area contributed by atoms with E-state index in [4.69, 9.17) is 4.74 Å². The molecule has 190 valence electrons. The summed E-state index contributed by atoms with van der Waals surface area (Å²) in [5.74, 6) is -1.03. The molecule has 2 amide bonds. The van der Waals surface area contributed by atoms with E-state index in [1.165, 1.54) is 27.6 Å². The van der Waals surface area contributed by atoms with Crippen molar-refractivity contribution in [3.05, 3.63) is 106 Å². The lowest BCUT2D eigenvalue weighted by Gasteiger charge is -2.50. The number of Topliss-reactive ketones (excluding diaryl/α,β-unsaturated/α-hetero) is 1. The van der Waals surface area contributed by atoms with Gasteiger partial charge in [0.25, 0.3) is 11.7 Å². The third-order valence-electron chi connectivity index (χ3n) is 7.66. The smallest absolute Gasteiger partial charge is 0.298 e. The summed E-state index contributed by atoms with van der Waals surface area (Å²) in [6, 6.07) is 23.4. The monoisotopic (exact) mass is 523 g/mol. The second-order valence-electron chi connectivity index (χ2n) is 9.87. The number of ketones is 1. The molecule has 0 radical (unpaired) electrons. The van der Waals surface area contributed by atoms with Gasteiger partial charge in [-0.15, -0.1) is 11.3 Å². The number of carbonyl (C=O) groups is 3. The second kappa shape index (κ2) is 9.22. The second-order valence-corrected chi connectivity index (χ2v) is 10.7. The molecule has 0 saturated heterocycles. The summed E-state index contributed by atoms with van der Waals surface area (Å²) in [7, 11) is 1.55. The number of aromatic nitrogens is 1. The molecule has 3 aromatic carbocycles. The highest BCUT2D eigenvalue weighted by Gasteiger charge is 2.54. The molecule has 3 aliphatic rings. The maximum Gasteiger partial charge on any atom is 0.298 e. The van der Waals surface area contributed by atoms with E-state index in [0.717, 1.165) is 11.3 Å². The van der Waals surface area contributed by atoms with Crippen molar-refractivity contribution in [2.24, 2.45) is 5.41 Å². The number of hydrogen-bond acceptors (Lipinski definition) is 6. The minimum absolute atomic E-state index is 0.0117. The van der Waals surface area contributed by atoms with Crippen molar-refractivity contribution in [2.75, 3.05) is 17.7 Å². The Morgan fingerprint density at radius 1 is 0.895 bits per heavy atom. The van der Waals surface area contributed by atoms with Gasteiger partial charge in [-0.2, -0.15) is 0 Å². The molecule has 7 nitrogen and oxygen atoms in total. The Labute approximate surface area is 223 Å². The molecule has 2 bridgehead atoms. The number of anilines is 2. The quantitative estimate of drug-likeness (QED) is 0.253. The molecule has 4 aromatic rings. The van der Waals surface area contributed by atoms with Crippen molar-refractivity contribution in [3.63, 3.8) is 0 Å². The number of benzene rings is 3. The van der Waals surface area contributed by atoms with E-state index in [2.05, 4.69) is 52.0 Å². The van der Waals surface area contributed by atoms with Crippen LogP contribution in [-0.2, 0) is 9.59 Å². The number of hydrogen-bond donors (Lipinski definition) is 2. The number of nitrogens with one attached hydrogen (secondary N) is 2. The van der Waals surface area contributed by atoms with Crippen LogP contribution in [0, 0.1) is 5.41 Å². The molecule has 1 atom stereocenters. The van der Waals surface area contributed by atoms with Crippen LogP contribution in [0.2, 0.25) is 0 Å². The molecular weight excluding hydrogens is 498 g/mol. The average Bonchev–Trinajstić information content (AvgIpc) is 3.41. The van der Waals surface area contributed by atoms with Gasteiger partial charge in [0.05, 0.1) is 12.5 Å². The van der Waals surface area contributed by atoms with Crippen molar-refractivity contribution in [2.45, 2.75) is 25.2 Å². The normalized spacial score (nSPS) is 20.7. The highest BCUT2D eigenvalue weighted by Crippen LogP contribution is 2.61. The highest BCUT2D eigenvalue weighted by molar-refractivity contribution is 7.14. The van der Waals surface area contributed by atoms with Gasteiger partial charge in [0.2, 0.25) is 5.91 Å². The molecule has 38 heavy (non-hydrogen) atoms. The lowest BCUT2D eigenvalue weighted by molar-refractivity contribution is -0.126. The summed E-state index contributed by atoms with van der Waals surface area (Å²) in [5, 5.41) is 7.30. The fourth-order valence-corrected chi connectivity index (χ4v) is 6.53. The maximum absolute atomic E-state index is 13.8. The lowest BCUT2D eigenvalue weighted by atomic mass is 9.52. The first kappa shape index (κ1) is 24.1. The van der Waals surface area contributed by atoms with Gasteiger partial charge in [-0.25, -0.2) is 4.98 Å². The number of nitrogens with zero attached hydrogens (tertiary/aromatic N) is 1. The first-order valence-electron chi connectivity index (χ1n) is 12.3. The molecule has 0 saturated carbocycles. The van der Waals surface area contributed by atoms with Gasteiger partial charge in [0, 0.05) is 22.9 Å². The molecule has 0 spiro atoms. The summed E-state index contributed by atoms with van der Waals surface area (Å²) >= 11 is 1.13. The summed E-state index contributed by atoms with van der Waals surface area (Å²) in [6.07, 6.45) is 0.680. The van der Waals surface area contributed by atoms with Crippen LogP contribution >= 0.6 is 11.3 Å². The number of ether oxygens (including phenoxy) is 1. The minimum Gasteiger partial charge on any atom is -0.497 e. The molecule has 7 rings (SSSR count). The minimum atomic E-state index is -0.803. The highest BCUT2D eigenvalue weighted by atomic mass is 32.1. The molecule has 1 unspecified atom stereocenters. The van der Waals surface area contributed by atoms with E-state index in [0.29, 0.717) is 23.0 Å². The molecule has 3 aliphatic carbocycles. The molecule has 0 aliphatic heterocycles. The molecular formula is C30H25N3O4S. The Bertz CT molecular complexity index is 1530. The maximum atomic E-state index is 13.8. The molecule has 2 N–H and O–H groups in total. The van der Waals surface area contributed by atoms with Crippen molar-refractivity contribution >= 4 is 39.8 Å². The number of rotatable bonds is 6. The van der Waals surface area contributed by atoms with Gasteiger partial charge in [0.15, 0.2) is 5.13 Å². The lowest BCUT2D eigenvalue weighted by Crippen LogP contribution is -2.47. The number of amides is 2. The van der Waals surface area contributed by atoms with Crippen LogP contribution in [0.1, 0.15) is 57.9 Å². The number of fused-ring (bicyclic) bond motifs is 1. The molecule has 1 aromatic heterocycles. The predicted octanol–water partition coefficient (Wildman–Crippen LogP) is 5.60. The van der Waals surface area contributed by atoms with Gasteiger partial charge in [-0.1, -0.05) is 48.5 Å². The largest absolute Gasteiger partial charge is 0.497 e. The average molecular weight is 524 g/mol. The molecule has 0 fully saturated rings. The molecule has 8 heteroatoms. The van der Waals surface area contributed by atoms with Crippen LogP contribution in [0.15, 0.2) is 78.2 Å². The zero-order chi connectivity index (χ0) is 26.4. The Balaban J connectivity index is 1.21. The first-order valence-corrected chi connectivity index (χ1v) is 13.2. The Morgan fingerprint density at radius 2 is 1.50 bits per heavy atom. The standard InChI is InChI=1S/C30H25N3O4S/c1-30(15-23-19-7-3-5-9-21(19)25(30)22-10-6-4-8-20(22)23)28(36)33-29-32-24(16-38-29)26(34)27(35)31-17-11-13-18(37-2)14-12-17/h3-14,16,23,25H,15H2,1-2H3,(H,31,35)(H,32,33,36). The van der Waals surface area contributed by atoms with Crippen molar-refractivity contribution in [1.82, 2.24) is 4.98 Å². The zero-order valence-corrected chi connectivity index (χ0v) is 21.7. The van der Waals surface area contributed by atoms with Crippen LogP contribution in [0.3, 0.4) is 0 Å². The first-order chi connectivity index (χ1) is 18.4. The number of carbonyl (C=O) groups excluding carboxylic acids is 3. The summed E-state index contributed by atoms with van der Waals surface area (Å²) in [6.45, 7) is 2.01. The summed E-state index contributed by atoms with van der Waals surface area (Å²) in [4.78, 5) is 43.3. The van der Waals surface area contributed by atoms with E-state index in [1.54, 1.807) is 31.4 Å². The van der Waals surface area contributed by atoms with Crippen molar-refractivity contribution < 1.29 is 19.1 Å². The number of thiazole rings is 1. The van der Waals surface area contributed by atoms with E-state index < -0.39 is 17.1 Å². The van der Waals surface area contributed by atoms with Crippen LogP contribution in [0.25, 0.3) is 0 Å². The van der Waals surface area contributed by atoms with Gasteiger partial charge in [-0.05, 0) is 59.9 Å². The Kier molecular flexibility index (Phi) is 5.84. The van der Waals surface area contributed by atoms with Gasteiger partial charge in [0.1, 0.15) is 11.4 Å². The number of methoxy groups -OCH3 is 1. The Hall–Kier alpha value is -4.30. The summed E-state index contributed by atoms with van der Waals surface area (Å²) in [5.41, 5.74) is 4.69. The van der Waals surface area contributed by atoms with Gasteiger partial charge >= 0.3 is 0 Å². The van der Waals surface area contributed by atoms with Crippen LogP contribution in [0.4, 0.5) is 10.8 Å². The van der Waals surface area contributed by atoms with E-state index in [1.807, 2.05) is 19.1 Å². The SMILES string of the molecule is COc1ccc(NC(=O)C(=O)c2csc(NC(=O)C3(C)CC4c5ccccc5C3c3ccccc34)n2)cc1.